The van der Waals surface area contributed by atoms with E-state index in [1.807, 2.05) is 13.8 Å². The fourth-order valence-electron chi connectivity index (χ4n) is 3.36. The molecule has 32 heavy (non-hydrogen) atoms. The van der Waals surface area contributed by atoms with E-state index in [-0.39, 0.29) is 37.1 Å². The number of halogens is 4. The van der Waals surface area contributed by atoms with Gasteiger partial charge in [-0.2, -0.15) is 13.9 Å². The number of aromatic nitrogens is 3. The summed E-state index contributed by atoms with van der Waals surface area (Å²) in [6, 6.07) is 3.21. The number of carbonyl (C=O) groups is 2. The van der Waals surface area contributed by atoms with Crippen LogP contribution < -0.4 is 11.1 Å². The maximum Gasteiger partial charge on any atom is 0.289 e. The number of nitrogens with two attached hydrogens (primary N) is 1. The van der Waals surface area contributed by atoms with Gasteiger partial charge in [-0.25, -0.2) is 8.78 Å². The molecule has 178 valence electrons. The summed E-state index contributed by atoms with van der Waals surface area (Å²) in [4.78, 5) is 25.3. The molecule has 0 spiro atoms. The first kappa shape index (κ1) is 27.1. The van der Waals surface area contributed by atoms with Crippen LogP contribution >= 0.6 is 0 Å². The Kier molecular flexibility index (Phi) is 9.35. The average molecular weight is 459 g/mol. The van der Waals surface area contributed by atoms with Crippen molar-refractivity contribution in [1.29, 1.82) is 0 Å². The van der Waals surface area contributed by atoms with Crippen LogP contribution in [0.4, 0.5) is 23.2 Å². The second-order valence-corrected chi connectivity index (χ2v) is 7.30. The topological polar surface area (TPSA) is 103 Å². The Labute approximate surface area is 184 Å². The van der Waals surface area contributed by atoms with Gasteiger partial charge < -0.3 is 11.1 Å². The van der Waals surface area contributed by atoms with Gasteiger partial charge in [0.1, 0.15) is 11.4 Å². The SMILES string of the molecule is CC.Cc1cc(NC(=O)c2c(C)c(C(C)(F)F)nn2CC2CC(F)(F)C2)ccn1.NC=O. The highest BCUT2D eigenvalue weighted by Gasteiger charge is 2.46. The number of primary amides is 1. The predicted octanol–water partition coefficient (Wildman–Crippen LogP) is 4.43. The molecule has 0 saturated heterocycles. The van der Waals surface area contributed by atoms with Gasteiger partial charge in [-0.1, -0.05) is 13.8 Å². The van der Waals surface area contributed by atoms with Crippen LogP contribution in [-0.4, -0.2) is 33.0 Å². The molecule has 0 atom stereocenters. The molecular weight excluding hydrogens is 430 g/mol. The van der Waals surface area contributed by atoms with Gasteiger partial charge in [-0.3, -0.25) is 19.3 Å². The zero-order chi connectivity index (χ0) is 24.7. The first-order valence-electron chi connectivity index (χ1n) is 10.1. The van der Waals surface area contributed by atoms with Crippen molar-refractivity contribution >= 4 is 18.0 Å². The number of alkyl halides is 4. The first-order valence-corrected chi connectivity index (χ1v) is 10.1. The number of carbonyl (C=O) groups excluding carboxylic acids is 2. The number of hydrogen-bond acceptors (Lipinski definition) is 4. The van der Waals surface area contributed by atoms with Gasteiger partial charge in [-0.05, 0) is 31.9 Å². The minimum atomic E-state index is -3.25. The van der Waals surface area contributed by atoms with Crippen molar-refractivity contribution in [3.63, 3.8) is 0 Å². The summed E-state index contributed by atoms with van der Waals surface area (Å²) in [7, 11) is 0. The van der Waals surface area contributed by atoms with Gasteiger partial charge in [0.15, 0.2) is 0 Å². The lowest BCUT2D eigenvalue weighted by molar-refractivity contribution is -0.115. The summed E-state index contributed by atoms with van der Waals surface area (Å²) in [5, 5.41) is 6.52. The second-order valence-electron chi connectivity index (χ2n) is 7.30. The molecule has 7 nitrogen and oxygen atoms in total. The third-order valence-electron chi connectivity index (χ3n) is 4.58. The minimum Gasteiger partial charge on any atom is -0.372 e. The second kappa shape index (κ2) is 11.1. The molecule has 1 aliphatic carbocycles. The molecule has 11 heteroatoms. The predicted molar refractivity (Wildman–Crippen MR) is 113 cm³/mol. The standard InChI is InChI=1S/C18H20F4N4O.C2H6.CH3NO/c1-10-6-13(4-5-23-10)24-16(27)14-11(2)15(17(3,19)20)25-26(14)9-12-7-18(21,22)8-12;1-2;2-1-3/h4-6,12H,7-9H2,1-3H3,(H,23,24,27);1-2H3;1H,(H2,2,3). The van der Waals surface area contributed by atoms with Crippen molar-refractivity contribution in [2.75, 3.05) is 5.32 Å². The molecule has 3 rings (SSSR count). The van der Waals surface area contributed by atoms with Gasteiger partial charge in [-0.15, -0.1) is 0 Å². The molecule has 0 radical (unpaired) electrons. The van der Waals surface area contributed by atoms with E-state index < -0.39 is 29.4 Å². The van der Waals surface area contributed by atoms with Crippen LogP contribution in [0.1, 0.15) is 61.1 Å². The maximum absolute atomic E-state index is 13.9. The quantitative estimate of drug-likeness (QED) is 0.510. The Balaban J connectivity index is 0.000000944. The summed E-state index contributed by atoms with van der Waals surface area (Å²) < 4.78 is 55.1. The Morgan fingerprint density at radius 3 is 2.38 bits per heavy atom. The number of pyridine rings is 1. The largest absolute Gasteiger partial charge is 0.372 e. The van der Waals surface area contributed by atoms with Gasteiger partial charge in [0.25, 0.3) is 11.8 Å². The number of hydrogen-bond donors (Lipinski definition) is 2. The van der Waals surface area contributed by atoms with E-state index in [2.05, 4.69) is 21.1 Å². The summed E-state index contributed by atoms with van der Waals surface area (Å²) in [6.07, 6.45) is 1.08. The van der Waals surface area contributed by atoms with E-state index in [4.69, 9.17) is 4.79 Å². The smallest absolute Gasteiger partial charge is 0.289 e. The van der Waals surface area contributed by atoms with E-state index in [1.54, 1.807) is 19.1 Å². The molecule has 3 N–H and O–H groups in total. The summed E-state index contributed by atoms with van der Waals surface area (Å²) in [6.45, 7) is 7.82. The summed E-state index contributed by atoms with van der Waals surface area (Å²) in [5.41, 5.74) is 4.77. The number of nitrogens with zero attached hydrogens (tertiary/aromatic N) is 3. The van der Waals surface area contributed by atoms with Gasteiger partial charge >= 0.3 is 0 Å². The zero-order valence-electron chi connectivity index (χ0n) is 18.8. The van der Waals surface area contributed by atoms with E-state index >= 15 is 0 Å². The molecule has 0 aromatic carbocycles. The van der Waals surface area contributed by atoms with Crippen molar-refractivity contribution in [2.24, 2.45) is 11.7 Å². The van der Waals surface area contributed by atoms with Crippen LogP contribution in [0.3, 0.4) is 0 Å². The van der Waals surface area contributed by atoms with Gasteiger partial charge in [0.05, 0.1) is 0 Å². The lowest BCUT2D eigenvalue weighted by Gasteiger charge is -2.35. The molecule has 1 aliphatic rings. The molecule has 2 heterocycles. The van der Waals surface area contributed by atoms with Crippen LogP contribution in [0.25, 0.3) is 0 Å². The molecular formula is C21H29F4N5O2. The summed E-state index contributed by atoms with van der Waals surface area (Å²) >= 11 is 0. The van der Waals surface area contributed by atoms with E-state index in [0.29, 0.717) is 18.3 Å². The van der Waals surface area contributed by atoms with E-state index in [1.165, 1.54) is 13.1 Å². The first-order chi connectivity index (χ1) is 14.9. The third kappa shape index (κ3) is 7.03. The fourth-order valence-corrected chi connectivity index (χ4v) is 3.36. The Morgan fingerprint density at radius 2 is 1.91 bits per heavy atom. The lowest BCUT2D eigenvalue weighted by atomic mass is 9.81. The molecule has 1 saturated carbocycles. The van der Waals surface area contributed by atoms with Crippen molar-refractivity contribution in [3.05, 3.63) is 41.0 Å². The molecule has 2 aromatic rings. The number of anilines is 1. The molecule has 2 amide bonds. The Morgan fingerprint density at radius 1 is 1.34 bits per heavy atom. The Hall–Kier alpha value is -2.98. The van der Waals surface area contributed by atoms with Gasteiger partial charge in [0.2, 0.25) is 12.3 Å². The van der Waals surface area contributed by atoms with Gasteiger partial charge in [0, 0.05) is 49.5 Å². The Bertz CT molecular complexity index is 917. The number of aryl methyl sites for hydroxylation is 1. The molecule has 0 unspecified atom stereocenters. The fraction of sp³-hybridized carbons (Fsp3) is 0.524. The van der Waals surface area contributed by atoms with Crippen LogP contribution in [0.5, 0.6) is 0 Å². The molecule has 2 aromatic heterocycles. The zero-order valence-corrected chi connectivity index (χ0v) is 18.8. The van der Waals surface area contributed by atoms with E-state index in [9.17, 15) is 22.4 Å². The van der Waals surface area contributed by atoms with Crippen molar-refractivity contribution in [2.45, 2.75) is 65.9 Å². The van der Waals surface area contributed by atoms with Crippen molar-refractivity contribution in [3.8, 4) is 0 Å². The minimum absolute atomic E-state index is 0.00929. The molecule has 0 bridgehead atoms. The van der Waals surface area contributed by atoms with E-state index in [0.717, 1.165) is 4.68 Å². The highest BCUT2D eigenvalue weighted by Crippen LogP contribution is 2.43. The lowest BCUT2D eigenvalue weighted by Crippen LogP contribution is -2.38. The molecule has 1 fully saturated rings. The van der Waals surface area contributed by atoms with Crippen LogP contribution in [0, 0.1) is 19.8 Å². The maximum atomic E-state index is 13.9. The monoisotopic (exact) mass is 459 g/mol. The summed E-state index contributed by atoms with van der Waals surface area (Å²) in [5.74, 6) is -7.01. The number of nitrogens with one attached hydrogen (secondary N) is 1. The number of amides is 2. The third-order valence-corrected chi connectivity index (χ3v) is 4.58. The van der Waals surface area contributed by atoms with Crippen LogP contribution in [0.2, 0.25) is 0 Å². The van der Waals surface area contributed by atoms with Crippen LogP contribution in [0.15, 0.2) is 18.3 Å². The van der Waals surface area contributed by atoms with Crippen LogP contribution in [-0.2, 0) is 17.3 Å². The van der Waals surface area contributed by atoms with Crippen molar-refractivity contribution in [1.82, 2.24) is 14.8 Å². The molecule has 0 aliphatic heterocycles. The number of rotatable bonds is 5. The normalized spacial score (nSPS) is 14.8. The highest BCUT2D eigenvalue weighted by molar-refractivity contribution is 6.04. The van der Waals surface area contributed by atoms with Crippen molar-refractivity contribution < 1.29 is 27.2 Å². The average Bonchev–Trinajstić information content (AvgIpc) is 2.99. The highest BCUT2D eigenvalue weighted by atomic mass is 19.3.